The van der Waals surface area contributed by atoms with E-state index in [1.807, 2.05) is 42.5 Å². The second-order valence-corrected chi connectivity index (χ2v) is 3.95. The monoisotopic (exact) mass is 234 g/mol. The minimum Gasteiger partial charge on any atom is -0.296 e. The van der Waals surface area contributed by atoms with Crippen LogP contribution in [0, 0.1) is 0 Å². The third-order valence-electron chi connectivity index (χ3n) is 2.80. The summed E-state index contributed by atoms with van der Waals surface area (Å²) in [7, 11) is 0. The van der Waals surface area contributed by atoms with Gasteiger partial charge >= 0.3 is 0 Å². The fraction of sp³-hybridized carbons (Fsp3) is 0. The number of carbonyl (C=O) groups excluding carboxylic acids is 1. The van der Waals surface area contributed by atoms with Crippen LogP contribution in [-0.4, -0.2) is 16.3 Å². The van der Waals surface area contributed by atoms with Crippen LogP contribution >= 0.6 is 0 Å². The lowest BCUT2D eigenvalue weighted by atomic mass is 10.1. The van der Waals surface area contributed by atoms with E-state index in [1.165, 1.54) is 0 Å². The van der Waals surface area contributed by atoms with Gasteiger partial charge in [0.15, 0.2) is 6.29 Å². The molecule has 1 aromatic carbocycles. The SMILES string of the molecule is O=Cc1cccc(-c2cccc3cccnc23)n1. The van der Waals surface area contributed by atoms with Crippen LogP contribution in [0.25, 0.3) is 22.2 Å². The van der Waals surface area contributed by atoms with Crippen LogP contribution in [0.3, 0.4) is 0 Å². The van der Waals surface area contributed by atoms with Crippen molar-refractivity contribution in [2.75, 3.05) is 0 Å². The molecule has 0 bridgehead atoms. The van der Waals surface area contributed by atoms with Crippen molar-refractivity contribution in [1.29, 1.82) is 0 Å². The maximum absolute atomic E-state index is 10.8. The summed E-state index contributed by atoms with van der Waals surface area (Å²) in [6, 6.07) is 15.3. The number of fused-ring (bicyclic) bond motifs is 1. The molecule has 18 heavy (non-hydrogen) atoms. The Hall–Kier alpha value is -2.55. The summed E-state index contributed by atoms with van der Waals surface area (Å²) < 4.78 is 0. The van der Waals surface area contributed by atoms with Crippen LogP contribution in [0.2, 0.25) is 0 Å². The highest BCUT2D eigenvalue weighted by molar-refractivity contribution is 5.92. The number of rotatable bonds is 2. The fourth-order valence-electron chi connectivity index (χ4n) is 1.98. The summed E-state index contributed by atoms with van der Waals surface area (Å²) in [4.78, 5) is 19.5. The van der Waals surface area contributed by atoms with Crippen molar-refractivity contribution in [3.8, 4) is 11.3 Å². The van der Waals surface area contributed by atoms with Crippen molar-refractivity contribution in [3.63, 3.8) is 0 Å². The molecular formula is C15H10N2O. The molecule has 0 saturated carbocycles. The first kappa shape index (κ1) is 10.6. The van der Waals surface area contributed by atoms with Crippen molar-refractivity contribution in [2.45, 2.75) is 0 Å². The number of hydrogen-bond acceptors (Lipinski definition) is 3. The van der Waals surface area contributed by atoms with E-state index in [2.05, 4.69) is 9.97 Å². The van der Waals surface area contributed by atoms with Crippen LogP contribution in [-0.2, 0) is 0 Å². The molecule has 0 spiro atoms. The molecule has 0 fully saturated rings. The second kappa shape index (κ2) is 4.37. The second-order valence-electron chi connectivity index (χ2n) is 3.95. The molecule has 0 unspecified atom stereocenters. The van der Waals surface area contributed by atoms with Crippen molar-refractivity contribution in [3.05, 3.63) is 60.4 Å². The van der Waals surface area contributed by atoms with Crippen LogP contribution in [0.5, 0.6) is 0 Å². The Balaban J connectivity index is 2.27. The Kier molecular flexibility index (Phi) is 2.57. The normalized spacial score (nSPS) is 10.4. The molecule has 0 atom stereocenters. The van der Waals surface area contributed by atoms with Gasteiger partial charge in [-0.25, -0.2) is 4.98 Å². The smallest absolute Gasteiger partial charge is 0.168 e. The van der Waals surface area contributed by atoms with E-state index >= 15 is 0 Å². The molecule has 3 aromatic rings. The maximum Gasteiger partial charge on any atom is 0.168 e. The summed E-state index contributed by atoms with van der Waals surface area (Å²) in [6.45, 7) is 0. The summed E-state index contributed by atoms with van der Waals surface area (Å²) in [5.74, 6) is 0. The zero-order valence-electron chi connectivity index (χ0n) is 9.58. The van der Waals surface area contributed by atoms with Crippen molar-refractivity contribution in [2.24, 2.45) is 0 Å². The standard InChI is InChI=1S/C15H10N2O/c18-10-12-6-2-8-14(17-12)13-7-1-4-11-5-3-9-16-15(11)13/h1-10H. The van der Waals surface area contributed by atoms with Crippen molar-refractivity contribution < 1.29 is 4.79 Å². The van der Waals surface area contributed by atoms with E-state index in [0.717, 1.165) is 28.4 Å². The van der Waals surface area contributed by atoms with Crippen molar-refractivity contribution in [1.82, 2.24) is 9.97 Å². The van der Waals surface area contributed by atoms with Gasteiger partial charge in [-0.1, -0.05) is 30.3 Å². The van der Waals surface area contributed by atoms with Crippen LogP contribution in [0.1, 0.15) is 10.5 Å². The first-order valence-corrected chi connectivity index (χ1v) is 5.65. The molecular weight excluding hydrogens is 224 g/mol. The molecule has 3 heteroatoms. The molecule has 86 valence electrons. The van der Waals surface area contributed by atoms with Gasteiger partial charge in [-0.15, -0.1) is 0 Å². The Bertz CT molecular complexity index is 717. The molecule has 3 nitrogen and oxygen atoms in total. The van der Waals surface area contributed by atoms with Crippen LogP contribution in [0.4, 0.5) is 0 Å². The van der Waals surface area contributed by atoms with Gasteiger partial charge in [-0.3, -0.25) is 9.78 Å². The molecule has 0 amide bonds. The predicted octanol–water partition coefficient (Wildman–Crippen LogP) is 3.11. The van der Waals surface area contributed by atoms with E-state index in [4.69, 9.17) is 0 Å². The van der Waals surface area contributed by atoms with Gasteiger partial charge in [0.05, 0.1) is 11.2 Å². The number of nitrogens with zero attached hydrogens (tertiary/aromatic N) is 2. The minimum atomic E-state index is 0.431. The van der Waals surface area contributed by atoms with Gasteiger partial charge < -0.3 is 0 Å². The summed E-state index contributed by atoms with van der Waals surface area (Å²) in [6.07, 6.45) is 2.51. The van der Waals surface area contributed by atoms with Gasteiger partial charge in [0.25, 0.3) is 0 Å². The molecule has 0 aliphatic rings. The highest BCUT2D eigenvalue weighted by Crippen LogP contribution is 2.25. The van der Waals surface area contributed by atoms with E-state index in [9.17, 15) is 4.79 Å². The van der Waals surface area contributed by atoms with Gasteiger partial charge in [-0.05, 0) is 18.2 Å². The minimum absolute atomic E-state index is 0.431. The molecule has 3 rings (SSSR count). The number of para-hydroxylation sites is 1. The highest BCUT2D eigenvalue weighted by Gasteiger charge is 2.06. The summed E-state index contributed by atoms with van der Waals surface area (Å²) in [5.41, 5.74) is 3.04. The molecule has 0 aliphatic heterocycles. The molecule has 0 radical (unpaired) electrons. The number of carbonyl (C=O) groups is 1. The first-order valence-electron chi connectivity index (χ1n) is 5.65. The predicted molar refractivity (Wildman–Crippen MR) is 70.4 cm³/mol. The van der Waals surface area contributed by atoms with E-state index < -0.39 is 0 Å². The molecule has 2 aromatic heterocycles. The number of aldehydes is 1. The van der Waals surface area contributed by atoms with Crippen molar-refractivity contribution >= 4 is 17.2 Å². The van der Waals surface area contributed by atoms with Crippen LogP contribution < -0.4 is 0 Å². The number of aromatic nitrogens is 2. The Labute approximate surface area is 104 Å². The Morgan fingerprint density at radius 3 is 2.67 bits per heavy atom. The van der Waals surface area contributed by atoms with E-state index in [0.29, 0.717) is 5.69 Å². The van der Waals surface area contributed by atoms with Gasteiger partial charge in [0.2, 0.25) is 0 Å². The van der Waals surface area contributed by atoms with Gasteiger partial charge in [0, 0.05) is 17.1 Å². The molecule has 0 aliphatic carbocycles. The first-order chi connectivity index (χ1) is 8.88. The summed E-state index contributed by atoms with van der Waals surface area (Å²) in [5, 5.41) is 1.06. The van der Waals surface area contributed by atoms with Gasteiger partial charge in [-0.2, -0.15) is 0 Å². The topological polar surface area (TPSA) is 42.9 Å². The lowest BCUT2D eigenvalue weighted by Gasteiger charge is -2.05. The Morgan fingerprint density at radius 2 is 1.78 bits per heavy atom. The summed E-state index contributed by atoms with van der Waals surface area (Å²) >= 11 is 0. The quantitative estimate of drug-likeness (QED) is 0.640. The maximum atomic E-state index is 10.8. The number of benzene rings is 1. The van der Waals surface area contributed by atoms with Crippen LogP contribution in [0.15, 0.2) is 54.7 Å². The lowest BCUT2D eigenvalue weighted by molar-refractivity contribution is 0.111. The zero-order chi connectivity index (χ0) is 12.4. The largest absolute Gasteiger partial charge is 0.296 e. The van der Waals surface area contributed by atoms with E-state index in [-0.39, 0.29) is 0 Å². The number of hydrogen-bond donors (Lipinski definition) is 0. The highest BCUT2D eigenvalue weighted by atomic mass is 16.1. The average molecular weight is 234 g/mol. The average Bonchev–Trinajstić information content (AvgIpc) is 2.47. The fourth-order valence-corrected chi connectivity index (χ4v) is 1.98. The molecule has 2 heterocycles. The third-order valence-corrected chi connectivity index (χ3v) is 2.80. The Morgan fingerprint density at radius 1 is 0.944 bits per heavy atom. The number of pyridine rings is 2. The molecule has 0 N–H and O–H groups in total. The van der Waals surface area contributed by atoms with E-state index in [1.54, 1.807) is 12.3 Å². The lowest BCUT2D eigenvalue weighted by Crippen LogP contribution is -1.91. The zero-order valence-corrected chi connectivity index (χ0v) is 9.58. The molecule has 0 saturated heterocycles. The third kappa shape index (κ3) is 1.76. The van der Waals surface area contributed by atoms with Gasteiger partial charge in [0.1, 0.15) is 5.69 Å².